The number of ether oxygens (including phenoxy) is 1. The molecule has 0 unspecified atom stereocenters. The lowest BCUT2D eigenvalue weighted by atomic mass is 10.1. The highest BCUT2D eigenvalue weighted by atomic mass is 32.2. The summed E-state index contributed by atoms with van der Waals surface area (Å²) in [6.07, 6.45) is 4.80. The maximum Gasteiger partial charge on any atom is 0.338 e. The molecule has 19 heavy (non-hydrogen) atoms. The molecule has 102 valence electrons. The molecule has 0 aliphatic rings. The molecule has 0 saturated carbocycles. The quantitative estimate of drug-likeness (QED) is 0.609. The van der Waals surface area contributed by atoms with E-state index in [2.05, 4.69) is 5.92 Å². The van der Waals surface area contributed by atoms with Crippen molar-refractivity contribution < 1.29 is 17.9 Å². The lowest BCUT2D eigenvalue weighted by Crippen LogP contribution is -2.12. The fraction of sp³-hybridized carbons (Fsp3) is 0.357. The standard InChI is InChI=1S/C14H16O4S/c1-4-9-19(16,17)10-12-5-7-13(8-6-12)14(15)18-11(2)3/h1,5-8,11H,9-10H2,2-3H3. The minimum atomic E-state index is -3.29. The van der Waals surface area contributed by atoms with Crippen LogP contribution in [-0.4, -0.2) is 26.2 Å². The van der Waals surface area contributed by atoms with Crippen molar-refractivity contribution >= 4 is 15.8 Å². The van der Waals surface area contributed by atoms with Crippen molar-refractivity contribution in [3.63, 3.8) is 0 Å². The molecule has 0 amide bonds. The van der Waals surface area contributed by atoms with E-state index >= 15 is 0 Å². The van der Waals surface area contributed by atoms with E-state index in [-0.39, 0.29) is 17.6 Å². The first-order chi connectivity index (χ1) is 8.84. The summed E-state index contributed by atoms with van der Waals surface area (Å²) in [5.74, 6) is 1.28. The van der Waals surface area contributed by atoms with Gasteiger partial charge < -0.3 is 4.74 Å². The van der Waals surface area contributed by atoms with E-state index in [4.69, 9.17) is 11.2 Å². The number of hydrogen-bond acceptors (Lipinski definition) is 4. The molecule has 1 aromatic carbocycles. The van der Waals surface area contributed by atoms with E-state index in [1.54, 1.807) is 38.1 Å². The maximum atomic E-state index is 11.6. The van der Waals surface area contributed by atoms with Crippen LogP contribution in [0.25, 0.3) is 0 Å². The van der Waals surface area contributed by atoms with Gasteiger partial charge in [0, 0.05) is 0 Å². The lowest BCUT2D eigenvalue weighted by Gasteiger charge is -2.08. The molecule has 0 aliphatic heterocycles. The highest BCUT2D eigenvalue weighted by Crippen LogP contribution is 2.10. The van der Waals surface area contributed by atoms with Gasteiger partial charge in [0.1, 0.15) is 5.75 Å². The number of carbonyl (C=O) groups excluding carboxylic acids is 1. The Morgan fingerprint density at radius 3 is 2.37 bits per heavy atom. The maximum absolute atomic E-state index is 11.6. The normalized spacial score (nSPS) is 11.1. The van der Waals surface area contributed by atoms with Gasteiger partial charge >= 0.3 is 5.97 Å². The Labute approximate surface area is 113 Å². The summed E-state index contributed by atoms with van der Waals surface area (Å²) in [5, 5.41) is 0. The number of terminal acetylenes is 1. The van der Waals surface area contributed by atoms with Crippen molar-refractivity contribution in [2.24, 2.45) is 0 Å². The Balaban J connectivity index is 2.78. The zero-order chi connectivity index (χ0) is 14.5. The third-order valence-corrected chi connectivity index (χ3v) is 3.60. The predicted molar refractivity (Wildman–Crippen MR) is 73.3 cm³/mol. The third kappa shape index (κ3) is 5.14. The smallest absolute Gasteiger partial charge is 0.338 e. The molecule has 0 radical (unpaired) electrons. The average molecular weight is 280 g/mol. The largest absolute Gasteiger partial charge is 0.459 e. The fourth-order valence-corrected chi connectivity index (χ4v) is 2.51. The van der Waals surface area contributed by atoms with Crippen LogP contribution in [0.5, 0.6) is 0 Å². The summed E-state index contributed by atoms with van der Waals surface area (Å²) >= 11 is 0. The lowest BCUT2D eigenvalue weighted by molar-refractivity contribution is 0.0378. The Kier molecular flexibility index (Phi) is 5.13. The minimum Gasteiger partial charge on any atom is -0.459 e. The minimum absolute atomic E-state index is 0.128. The van der Waals surface area contributed by atoms with Crippen molar-refractivity contribution in [2.45, 2.75) is 25.7 Å². The van der Waals surface area contributed by atoms with Crippen molar-refractivity contribution in [1.82, 2.24) is 0 Å². The van der Waals surface area contributed by atoms with Crippen LogP contribution in [0.15, 0.2) is 24.3 Å². The van der Waals surface area contributed by atoms with E-state index < -0.39 is 15.8 Å². The number of carbonyl (C=O) groups is 1. The molecule has 0 bridgehead atoms. The Morgan fingerprint density at radius 2 is 1.89 bits per heavy atom. The van der Waals surface area contributed by atoms with Gasteiger partial charge in [-0.25, -0.2) is 13.2 Å². The summed E-state index contributed by atoms with van der Waals surface area (Å²) in [6.45, 7) is 3.53. The molecule has 0 N–H and O–H groups in total. The van der Waals surface area contributed by atoms with Crippen molar-refractivity contribution in [1.29, 1.82) is 0 Å². The monoisotopic (exact) mass is 280 g/mol. The molecule has 1 rings (SSSR count). The molecule has 4 nitrogen and oxygen atoms in total. The van der Waals surface area contributed by atoms with Crippen LogP contribution in [0.3, 0.4) is 0 Å². The molecule has 0 saturated heterocycles. The summed E-state index contributed by atoms with van der Waals surface area (Å²) in [4.78, 5) is 11.6. The molecule has 0 heterocycles. The van der Waals surface area contributed by atoms with Gasteiger partial charge in [0.2, 0.25) is 0 Å². The topological polar surface area (TPSA) is 60.4 Å². The molecule has 0 spiro atoms. The van der Waals surface area contributed by atoms with E-state index in [0.29, 0.717) is 11.1 Å². The van der Waals surface area contributed by atoms with Crippen LogP contribution < -0.4 is 0 Å². The molecule has 1 aromatic rings. The van der Waals surface area contributed by atoms with Crippen LogP contribution >= 0.6 is 0 Å². The zero-order valence-corrected chi connectivity index (χ0v) is 11.7. The molecule has 5 heteroatoms. The zero-order valence-electron chi connectivity index (χ0n) is 10.9. The number of benzene rings is 1. The van der Waals surface area contributed by atoms with Crippen molar-refractivity contribution in [2.75, 3.05) is 5.75 Å². The second-order valence-electron chi connectivity index (χ2n) is 4.39. The van der Waals surface area contributed by atoms with Crippen molar-refractivity contribution in [3.8, 4) is 12.3 Å². The highest BCUT2D eigenvalue weighted by molar-refractivity contribution is 7.90. The van der Waals surface area contributed by atoms with Crippen LogP contribution in [0.2, 0.25) is 0 Å². The second-order valence-corrected chi connectivity index (χ2v) is 6.45. The van der Waals surface area contributed by atoms with Crippen LogP contribution in [-0.2, 0) is 20.3 Å². The third-order valence-electron chi connectivity index (χ3n) is 2.22. The highest BCUT2D eigenvalue weighted by Gasteiger charge is 2.12. The van der Waals surface area contributed by atoms with Gasteiger partial charge in [0.05, 0.1) is 17.4 Å². The number of rotatable bonds is 5. The van der Waals surface area contributed by atoms with Crippen LogP contribution in [0.1, 0.15) is 29.8 Å². The predicted octanol–water partition coefficient (Wildman–Crippen LogP) is 1.80. The van der Waals surface area contributed by atoms with Gasteiger partial charge in [0.15, 0.2) is 9.84 Å². The molecule has 0 aliphatic carbocycles. The molecule has 0 atom stereocenters. The molecule has 0 fully saturated rings. The van der Waals surface area contributed by atoms with E-state index in [0.717, 1.165) is 0 Å². The van der Waals surface area contributed by atoms with E-state index in [1.807, 2.05) is 0 Å². The SMILES string of the molecule is C#CCS(=O)(=O)Cc1ccc(C(=O)OC(C)C)cc1. The summed E-state index contributed by atoms with van der Waals surface area (Å²) in [5.41, 5.74) is 0.989. The van der Waals surface area contributed by atoms with Crippen LogP contribution in [0.4, 0.5) is 0 Å². The molecular weight excluding hydrogens is 264 g/mol. The summed E-state index contributed by atoms with van der Waals surface area (Å²) in [6, 6.07) is 6.27. The summed E-state index contributed by atoms with van der Waals surface area (Å²) in [7, 11) is -3.29. The average Bonchev–Trinajstić information content (AvgIpc) is 2.28. The Bertz CT molecular complexity index is 577. The van der Waals surface area contributed by atoms with Crippen molar-refractivity contribution in [3.05, 3.63) is 35.4 Å². The first kappa shape index (κ1) is 15.3. The van der Waals surface area contributed by atoms with E-state index in [1.165, 1.54) is 0 Å². The number of sulfone groups is 1. The summed E-state index contributed by atoms with van der Waals surface area (Å²) < 4.78 is 28.1. The Morgan fingerprint density at radius 1 is 1.32 bits per heavy atom. The second kappa shape index (κ2) is 6.39. The number of hydrogen-bond donors (Lipinski definition) is 0. The van der Waals surface area contributed by atoms with Gasteiger partial charge in [-0.05, 0) is 31.5 Å². The first-order valence-corrected chi connectivity index (χ1v) is 7.60. The molecular formula is C14H16O4S. The Hall–Kier alpha value is -1.80. The molecule has 0 aromatic heterocycles. The van der Waals surface area contributed by atoms with Gasteiger partial charge in [-0.15, -0.1) is 6.42 Å². The fourth-order valence-electron chi connectivity index (χ4n) is 1.45. The van der Waals surface area contributed by atoms with Gasteiger partial charge in [-0.3, -0.25) is 0 Å². The van der Waals surface area contributed by atoms with Crippen LogP contribution in [0, 0.1) is 12.3 Å². The van der Waals surface area contributed by atoms with Gasteiger partial charge in [-0.1, -0.05) is 18.1 Å². The van der Waals surface area contributed by atoms with Gasteiger partial charge in [-0.2, -0.15) is 0 Å². The van der Waals surface area contributed by atoms with Gasteiger partial charge in [0.25, 0.3) is 0 Å². The first-order valence-electron chi connectivity index (χ1n) is 5.78. The number of esters is 1. The van der Waals surface area contributed by atoms with E-state index in [9.17, 15) is 13.2 Å².